The zero-order valence-electron chi connectivity index (χ0n) is 21.1. The Labute approximate surface area is 220 Å². The lowest BCUT2D eigenvalue weighted by atomic mass is 9.90. The molecule has 1 aromatic heterocycles. The Bertz CT molecular complexity index is 1430. The van der Waals surface area contributed by atoms with Crippen molar-refractivity contribution in [3.05, 3.63) is 83.1 Å². The van der Waals surface area contributed by atoms with E-state index in [4.69, 9.17) is 10.8 Å². The number of fused-ring (bicyclic) bond motifs is 2. The molecule has 5 heterocycles. The number of nitrogens with zero attached hydrogens (tertiary/aromatic N) is 5. The summed E-state index contributed by atoms with van der Waals surface area (Å²) in [5, 5.41) is 12.6. The number of aliphatic hydroxyl groups is 1. The van der Waals surface area contributed by atoms with Crippen LogP contribution in [0.4, 0.5) is 5.82 Å². The van der Waals surface area contributed by atoms with Gasteiger partial charge in [0.1, 0.15) is 17.7 Å². The van der Waals surface area contributed by atoms with Crippen LogP contribution in [0.25, 0.3) is 0 Å². The van der Waals surface area contributed by atoms with Gasteiger partial charge in [0.25, 0.3) is 11.7 Å². The van der Waals surface area contributed by atoms with E-state index in [1.807, 2.05) is 17.0 Å². The largest absolute Gasteiger partial charge is 0.389 e. The first kappa shape index (κ1) is 24.4. The Hall–Kier alpha value is -3.99. The third-order valence-corrected chi connectivity index (χ3v) is 7.84. The molecule has 6 rings (SSSR count). The molecule has 1 aromatic carbocycles. The lowest BCUT2D eigenvalue weighted by Gasteiger charge is -2.35. The summed E-state index contributed by atoms with van der Waals surface area (Å²) in [6, 6.07) is 10.8. The fourth-order valence-electron chi connectivity index (χ4n) is 5.73. The molecule has 4 atom stereocenters. The monoisotopic (exact) mass is 512 g/mol. The number of carbonyl (C=O) groups is 2. The first-order valence-electron chi connectivity index (χ1n) is 12.9. The van der Waals surface area contributed by atoms with Gasteiger partial charge in [0.05, 0.1) is 24.1 Å². The van der Waals surface area contributed by atoms with Crippen LogP contribution in [0.2, 0.25) is 0 Å². The number of allylic oxidation sites excluding steroid dienone is 1. The number of piperidine rings is 1. The van der Waals surface area contributed by atoms with Crippen LogP contribution in [0.15, 0.2) is 76.4 Å². The number of amidine groups is 1. The molecule has 194 valence electrons. The number of hydrogen-bond acceptors (Lipinski definition) is 7. The number of nitrogens with two attached hydrogens (primary N) is 1. The molecule has 0 aliphatic carbocycles. The van der Waals surface area contributed by atoms with Crippen LogP contribution in [0.1, 0.15) is 60.2 Å². The molecule has 2 amide bonds. The number of rotatable bonds is 5. The highest BCUT2D eigenvalue weighted by Crippen LogP contribution is 2.40. The third kappa shape index (κ3) is 4.16. The van der Waals surface area contributed by atoms with Gasteiger partial charge in [-0.1, -0.05) is 0 Å². The van der Waals surface area contributed by atoms with Crippen molar-refractivity contribution >= 4 is 29.7 Å². The molecule has 2 fully saturated rings. The molecule has 2 saturated heterocycles. The molecule has 0 saturated carbocycles. The van der Waals surface area contributed by atoms with Crippen LogP contribution in [-0.2, 0) is 4.79 Å². The van der Waals surface area contributed by atoms with Crippen molar-refractivity contribution in [2.45, 2.75) is 44.8 Å². The maximum Gasteiger partial charge on any atom is 0.264 e. The summed E-state index contributed by atoms with van der Waals surface area (Å²) in [7, 11) is 0. The van der Waals surface area contributed by atoms with Crippen LogP contribution in [0.5, 0.6) is 0 Å². The van der Waals surface area contributed by atoms with Crippen LogP contribution in [0, 0.1) is 5.92 Å². The van der Waals surface area contributed by atoms with Crippen molar-refractivity contribution in [3.8, 4) is 0 Å². The zero-order chi connectivity index (χ0) is 26.4. The molecule has 4 N–H and O–H groups in total. The smallest absolute Gasteiger partial charge is 0.264 e. The predicted molar refractivity (Wildman–Crippen MR) is 142 cm³/mol. The Morgan fingerprint density at radius 2 is 2.03 bits per heavy atom. The molecular weight excluding hydrogens is 482 g/mol. The van der Waals surface area contributed by atoms with E-state index in [0.717, 1.165) is 36.2 Å². The minimum absolute atomic E-state index is 0.0924. The lowest BCUT2D eigenvalue weighted by Crippen LogP contribution is -2.53. The van der Waals surface area contributed by atoms with Gasteiger partial charge in [-0.15, -0.1) is 4.59 Å². The second-order valence-corrected chi connectivity index (χ2v) is 10.3. The maximum absolute atomic E-state index is 12.9. The molecule has 0 radical (unpaired) electrons. The van der Waals surface area contributed by atoms with Crippen molar-refractivity contribution in [1.82, 2.24) is 9.88 Å². The minimum atomic E-state index is -0.657. The summed E-state index contributed by atoms with van der Waals surface area (Å²) in [6.45, 7) is 2.31. The van der Waals surface area contributed by atoms with E-state index in [1.54, 1.807) is 56.0 Å². The quantitative estimate of drug-likeness (QED) is 0.418. The Balaban J connectivity index is 1.25. The van der Waals surface area contributed by atoms with E-state index in [2.05, 4.69) is 15.3 Å². The van der Waals surface area contributed by atoms with Gasteiger partial charge in [0.15, 0.2) is 0 Å². The zero-order valence-corrected chi connectivity index (χ0v) is 21.1. The number of aromatic nitrogens is 1. The summed E-state index contributed by atoms with van der Waals surface area (Å²) >= 11 is 0. The molecule has 2 aromatic rings. The van der Waals surface area contributed by atoms with Crippen molar-refractivity contribution in [2.24, 2.45) is 21.7 Å². The number of hydrogen-bond donors (Lipinski definition) is 3. The topological polar surface area (TPSA) is 133 Å². The highest BCUT2D eigenvalue weighted by molar-refractivity contribution is 6.05. The minimum Gasteiger partial charge on any atom is -0.389 e. The van der Waals surface area contributed by atoms with Crippen molar-refractivity contribution in [1.29, 1.82) is 0 Å². The number of anilines is 1. The van der Waals surface area contributed by atoms with E-state index in [-0.39, 0.29) is 22.3 Å². The first-order chi connectivity index (χ1) is 18.3. The van der Waals surface area contributed by atoms with Gasteiger partial charge >= 0.3 is 0 Å². The maximum atomic E-state index is 12.9. The fraction of sp³-hybridized carbons (Fsp3) is 0.321. The number of pyridine rings is 1. The second-order valence-electron chi connectivity index (χ2n) is 10.3. The predicted octanol–water partition coefficient (Wildman–Crippen LogP) is 3.01. The SMILES string of the molecule is CC(O)c1ccnc(NC(=O)c2ccc(C3=NC([C@@H]4CC[C@H]5CCC(=O)N5C4)=C4C=NC=C[N+]34N)cc2)c1. The molecule has 4 aliphatic heterocycles. The molecule has 0 bridgehead atoms. The normalized spacial score (nSPS) is 26.8. The summed E-state index contributed by atoms with van der Waals surface area (Å²) in [4.78, 5) is 40.8. The second kappa shape index (κ2) is 9.39. The van der Waals surface area contributed by atoms with Gasteiger partial charge in [0, 0.05) is 36.7 Å². The van der Waals surface area contributed by atoms with Gasteiger partial charge < -0.3 is 15.3 Å². The van der Waals surface area contributed by atoms with Gasteiger partial charge in [-0.2, -0.15) is 10.8 Å². The van der Waals surface area contributed by atoms with Gasteiger partial charge in [-0.25, -0.2) is 4.98 Å². The van der Waals surface area contributed by atoms with Crippen LogP contribution >= 0.6 is 0 Å². The highest BCUT2D eigenvalue weighted by atomic mass is 16.3. The Morgan fingerprint density at radius 3 is 2.82 bits per heavy atom. The van der Waals surface area contributed by atoms with E-state index in [9.17, 15) is 14.7 Å². The van der Waals surface area contributed by atoms with Gasteiger partial charge in [-0.3, -0.25) is 14.6 Å². The van der Waals surface area contributed by atoms with Crippen LogP contribution in [-0.4, -0.2) is 56.0 Å². The number of amides is 2. The Morgan fingerprint density at radius 1 is 1.21 bits per heavy atom. The van der Waals surface area contributed by atoms with E-state index in [1.165, 1.54) is 0 Å². The molecule has 10 nitrogen and oxygen atoms in total. The summed E-state index contributed by atoms with van der Waals surface area (Å²) in [6.07, 6.45) is 9.60. The number of carbonyl (C=O) groups excluding carboxylic acids is 2. The highest BCUT2D eigenvalue weighted by Gasteiger charge is 2.47. The third-order valence-electron chi connectivity index (χ3n) is 7.84. The lowest BCUT2D eigenvalue weighted by molar-refractivity contribution is -0.750. The van der Waals surface area contributed by atoms with Crippen LogP contribution in [0.3, 0.4) is 0 Å². The van der Waals surface area contributed by atoms with Crippen LogP contribution < -0.4 is 11.2 Å². The average Bonchev–Trinajstić information content (AvgIpc) is 3.45. The molecule has 0 spiro atoms. The number of aliphatic hydroxyl groups excluding tert-OH is 1. The van der Waals surface area contributed by atoms with Gasteiger partial charge in [0.2, 0.25) is 11.6 Å². The van der Waals surface area contributed by atoms with E-state index >= 15 is 0 Å². The number of aliphatic imine (C=N–C) groups is 2. The van der Waals surface area contributed by atoms with E-state index < -0.39 is 6.10 Å². The summed E-state index contributed by atoms with van der Waals surface area (Å²) in [5.74, 6) is 7.91. The van der Waals surface area contributed by atoms with Crippen molar-refractivity contribution in [2.75, 3.05) is 11.9 Å². The van der Waals surface area contributed by atoms with E-state index in [0.29, 0.717) is 41.8 Å². The summed E-state index contributed by atoms with van der Waals surface area (Å²) < 4.78 is -0.103. The van der Waals surface area contributed by atoms with Gasteiger partial charge in [-0.05, 0) is 68.1 Å². The number of quaternary nitrogens is 1. The fourth-order valence-corrected chi connectivity index (χ4v) is 5.73. The standard InChI is InChI=1S/C28H29N7O3/c1-17(36)20-10-11-31-24(14-20)32-28(38)19-4-2-18(3-5-19)27-33-26(23-15-30-12-13-35(23,27)29)21-6-7-22-8-9-25(37)34(22)16-21/h2-5,10-15,17,21-22,36H,6-9,16,29H2,1H3/p+1/t17?,21-,22+,35?/m1/s1. The van der Waals surface area contributed by atoms with Crippen molar-refractivity contribution in [3.63, 3.8) is 0 Å². The van der Waals surface area contributed by atoms with Crippen molar-refractivity contribution < 1.29 is 19.3 Å². The first-order valence-corrected chi connectivity index (χ1v) is 12.9. The molecular formula is C28H30N7O3+. The summed E-state index contributed by atoms with van der Waals surface area (Å²) in [5.41, 5.74) is 3.59. The Kier molecular flexibility index (Phi) is 6.02. The average molecular weight is 513 g/mol. The number of benzene rings is 1. The molecule has 38 heavy (non-hydrogen) atoms. The molecule has 4 aliphatic rings. The molecule has 2 unspecified atom stereocenters. The number of nitrogens with one attached hydrogen (secondary N) is 1. The molecule has 10 heteroatoms.